The number of rotatable bonds is 4. The number of carbonyl (C=O) groups excluding carboxylic acids is 1. The zero-order valence-electron chi connectivity index (χ0n) is 12.6. The van der Waals surface area contributed by atoms with Crippen LogP contribution in [0.25, 0.3) is 10.2 Å². The lowest BCUT2D eigenvalue weighted by atomic mass is 10.2. The van der Waals surface area contributed by atoms with E-state index in [9.17, 15) is 4.79 Å². The first-order valence-electron chi connectivity index (χ1n) is 7.02. The van der Waals surface area contributed by atoms with Crippen molar-refractivity contribution in [3.8, 4) is 0 Å². The van der Waals surface area contributed by atoms with Crippen molar-refractivity contribution in [3.63, 3.8) is 0 Å². The number of esters is 1. The van der Waals surface area contributed by atoms with E-state index in [1.165, 1.54) is 21.2 Å². The van der Waals surface area contributed by atoms with Crippen LogP contribution in [0.15, 0.2) is 29.9 Å². The number of aryl methyl sites for hydroxylation is 1. The third-order valence-corrected chi connectivity index (χ3v) is 4.86. The lowest BCUT2D eigenvalue weighted by Gasteiger charge is -2.10. The normalized spacial score (nSPS) is 10.7. The Morgan fingerprint density at radius 3 is 2.96 bits per heavy atom. The molecule has 7 heteroatoms. The van der Waals surface area contributed by atoms with Crippen LogP contribution < -0.4 is 5.32 Å². The number of halogens is 1. The molecule has 0 aliphatic heterocycles. The Morgan fingerprint density at radius 1 is 1.39 bits per heavy atom. The topological polar surface area (TPSA) is 64.1 Å². The zero-order chi connectivity index (χ0) is 16.4. The Balaban J connectivity index is 2.06. The zero-order valence-corrected chi connectivity index (χ0v) is 15.6. The van der Waals surface area contributed by atoms with Gasteiger partial charge in [0.15, 0.2) is 0 Å². The average Bonchev–Trinajstić information content (AvgIpc) is 2.95. The lowest BCUT2D eigenvalue weighted by molar-refractivity contribution is 0.0529. The minimum atomic E-state index is -0.351. The molecule has 0 saturated heterocycles. The molecule has 0 unspecified atom stereocenters. The number of carbonyl (C=O) groups is 1. The predicted molar refractivity (Wildman–Crippen MR) is 101 cm³/mol. The molecule has 0 aliphatic rings. The van der Waals surface area contributed by atoms with E-state index in [1.807, 2.05) is 19.1 Å². The summed E-state index contributed by atoms with van der Waals surface area (Å²) in [5, 5.41) is 5.78. The molecule has 1 aromatic carbocycles. The van der Waals surface area contributed by atoms with Gasteiger partial charge >= 0.3 is 5.97 Å². The van der Waals surface area contributed by atoms with E-state index in [0.717, 1.165) is 16.1 Å². The molecule has 0 amide bonds. The van der Waals surface area contributed by atoms with Crippen molar-refractivity contribution in [2.45, 2.75) is 13.8 Å². The molecule has 0 spiro atoms. The first-order valence-corrected chi connectivity index (χ1v) is 8.98. The summed E-state index contributed by atoms with van der Waals surface area (Å²) in [5.41, 5.74) is 2.56. The third kappa shape index (κ3) is 3.30. The van der Waals surface area contributed by atoms with Crippen LogP contribution in [0.2, 0.25) is 0 Å². The molecular formula is C16H14IN3O2S. The predicted octanol–water partition coefficient (Wildman–Crippen LogP) is 4.52. The second kappa shape index (κ2) is 6.79. The maximum atomic E-state index is 12.1. The van der Waals surface area contributed by atoms with Gasteiger partial charge in [0.2, 0.25) is 0 Å². The van der Waals surface area contributed by atoms with Crippen molar-refractivity contribution in [1.82, 2.24) is 9.97 Å². The molecule has 2 aromatic heterocycles. The van der Waals surface area contributed by atoms with E-state index in [2.05, 4.69) is 43.9 Å². The van der Waals surface area contributed by atoms with Crippen molar-refractivity contribution >= 4 is 61.6 Å². The summed E-state index contributed by atoms with van der Waals surface area (Å²) in [7, 11) is 0. The number of nitrogens with zero attached hydrogens (tertiary/aromatic N) is 2. The van der Waals surface area contributed by atoms with E-state index >= 15 is 0 Å². The fourth-order valence-electron chi connectivity index (χ4n) is 2.22. The van der Waals surface area contributed by atoms with Gasteiger partial charge in [0.25, 0.3) is 0 Å². The Morgan fingerprint density at radius 2 is 2.22 bits per heavy atom. The van der Waals surface area contributed by atoms with Gasteiger partial charge in [-0.2, -0.15) is 0 Å². The summed E-state index contributed by atoms with van der Waals surface area (Å²) in [5.74, 6) is 0.263. The molecule has 1 N–H and O–H groups in total. The number of thiophene rings is 1. The van der Waals surface area contributed by atoms with Gasteiger partial charge in [-0.1, -0.05) is 0 Å². The number of benzene rings is 1. The summed E-state index contributed by atoms with van der Waals surface area (Å²) < 4.78 is 6.29. The van der Waals surface area contributed by atoms with Gasteiger partial charge in [-0.15, -0.1) is 11.3 Å². The molecule has 0 fully saturated rings. The molecule has 0 saturated carbocycles. The fourth-order valence-corrected chi connectivity index (χ4v) is 3.75. The van der Waals surface area contributed by atoms with Gasteiger partial charge in [0.05, 0.1) is 17.6 Å². The highest BCUT2D eigenvalue weighted by atomic mass is 127. The molecule has 0 bridgehead atoms. The fraction of sp³-hybridized carbons (Fsp3) is 0.188. The number of hydrogen-bond acceptors (Lipinski definition) is 6. The second-order valence-corrected chi connectivity index (χ2v) is 6.96. The first-order chi connectivity index (χ1) is 11.1. The maximum absolute atomic E-state index is 12.1. The molecule has 3 aromatic rings. The van der Waals surface area contributed by atoms with Crippen molar-refractivity contribution in [3.05, 3.63) is 44.6 Å². The van der Waals surface area contributed by atoms with Crippen LogP contribution in [-0.2, 0) is 4.74 Å². The summed E-state index contributed by atoms with van der Waals surface area (Å²) in [6, 6.07) is 6.11. The van der Waals surface area contributed by atoms with E-state index in [-0.39, 0.29) is 5.97 Å². The van der Waals surface area contributed by atoms with Gasteiger partial charge < -0.3 is 10.1 Å². The molecular weight excluding hydrogens is 425 g/mol. The van der Waals surface area contributed by atoms with Crippen LogP contribution in [0.3, 0.4) is 0 Å². The summed E-state index contributed by atoms with van der Waals surface area (Å²) >= 11 is 3.68. The van der Waals surface area contributed by atoms with Crippen molar-refractivity contribution in [2.75, 3.05) is 11.9 Å². The van der Waals surface area contributed by atoms with Crippen molar-refractivity contribution in [1.29, 1.82) is 0 Å². The quantitative estimate of drug-likeness (QED) is 0.478. The van der Waals surface area contributed by atoms with Crippen LogP contribution in [0.1, 0.15) is 22.8 Å². The van der Waals surface area contributed by atoms with Crippen LogP contribution >= 0.6 is 33.9 Å². The number of hydrogen-bond donors (Lipinski definition) is 1. The third-order valence-electron chi connectivity index (χ3n) is 3.31. The van der Waals surface area contributed by atoms with Crippen molar-refractivity contribution in [2.24, 2.45) is 0 Å². The Hall–Kier alpha value is -1.74. The highest BCUT2D eigenvalue weighted by Crippen LogP contribution is 2.32. The van der Waals surface area contributed by atoms with Crippen LogP contribution in [0.4, 0.5) is 11.5 Å². The van der Waals surface area contributed by atoms with Crippen LogP contribution in [0, 0.1) is 10.5 Å². The van der Waals surface area contributed by atoms with Gasteiger partial charge in [0, 0.05) is 14.6 Å². The molecule has 23 heavy (non-hydrogen) atoms. The molecule has 0 radical (unpaired) electrons. The lowest BCUT2D eigenvalue weighted by Crippen LogP contribution is -2.05. The van der Waals surface area contributed by atoms with Crippen molar-refractivity contribution < 1.29 is 9.53 Å². The summed E-state index contributed by atoms with van der Waals surface area (Å²) in [4.78, 5) is 21.5. The van der Waals surface area contributed by atoms with Gasteiger partial charge in [0.1, 0.15) is 17.0 Å². The largest absolute Gasteiger partial charge is 0.462 e. The molecule has 3 rings (SSSR count). The van der Waals surface area contributed by atoms with Crippen LogP contribution in [-0.4, -0.2) is 22.5 Å². The average molecular weight is 439 g/mol. The maximum Gasteiger partial charge on any atom is 0.339 e. The number of nitrogens with one attached hydrogen (secondary N) is 1. The number of aromatic nitrogens is 2. The molecule has 0 atom stereocenters. The Kier molecular flexibility index (Phi) is 4.76. The summed E-state index contributed by atoms with van der Waals surface area (Å²) in [6.07, 6.45) is 1.50. The standard InChI is InChI=1S/C16H14IN3O2S/c1-3-22-16(21)11-7-23-15-13(11)14(18-8-19-15)20-12-5-4-10(17)6-9(12)2/h4-8H,3H2,1-2H3,(H,18,19,20). The molecule has 0 aliphatic carbocycles. The van der Waals surface area contributed by atoms with E-state index in [0.29, 0.717) is 23.4 Å². The smallest absolute Gasteiger partial charge is 0.339 e. The monoisotopic (exact) mass is 439 g/mol. The number of fused-ring (bicyclic) bond motifs is 1. The minimum absolute atomic E-state index is 0.336. The highest BCUT2D eigenvalue weighted by molar-refractivity contribution is 14.1. The molecule has 118 valence electrons. The van der Waals surface area contributed by atoms with E-state index < -0.39 is 0 Å². The van der Waals surface area contributed by atoms with Gasteiger partial charge in [-0.3, -0.25) is 0 Å². The summed E-state index contributed by atoms with van der Waals surface area (Å²) in [6.45, 7) is 4.16. The highest BCUT2D eigenvalue weighted by Gasteiger charge is 2.18. The molecule has 2 heterocycles. The molecule has 5 nitrogen and oxygen atoms in total. The first kappa shape index (κ1) is 16.1. The van der Waals surface area contributed by atoms with Crippen LogP contribution in [0.5, 0.6) is 0 Å². The number of ether oxygens (including phenoxy) is 1. The van der Waals surface area contributed by atoms with Gasteiger partial charge in [-0.25, -0.2) is 14.8 Å². The Labute approximate surface area is 151 Å². The van der Waals surface area contributed by atoms with Gasteiger partial charge in [-0.05, 0) is 60.2 Å². The SMILES string of the molecule is CCOC(=O)c1csc2ncnc(Nc3ccc(I)cc3C)c12. The van der Waals surface area contributed by atoms with E-state index in [4.69, 9.17) is 4.74 Å². The van der Waals surface area contributed by atoms with E-state index in [1.54, 1.807) is 12.3 Å². The second-order valence-electron chi connectivity index (χ2n) is 4.86. The Bertz CT molecular complexity index is 879. The number of anilines is 2. The minimum Gasteiger partial charge on any atom is -0.462 e.